The molecule has 0 saturated carbocycles. The summed E-state index contributed by atoms with van der Waals surface area (Å²) in [6.07, 6.45) is 0.0821. The van der Waals surface area contributed by atoms with Gasteiger partial charge in [0.2, 0.25) is 5.91 Å². The predicted molar refractivity (Wildman–Crippen MR) is 70.6 cm³/mol. The molecule has 0 aromatic heterocycles. The van der Waals surface area contributed by atoms with Gasteiger partial charge in [-0.2, -0.15) is 0 Å². The zero-order chi connectivity index (χ0) is 14.2. The molecule has 1 N–H and O–H groups in total. The Bertz CT molecular complexity index is 575. The van der Waals surface area contributed by atoms with E-state index >= 15 is 0 Å². The van der Waals surface area contributed by atoms with Crippen LogP contribution in [0, 0.1) is 10.1 Å². The van der Waals surface area contributed by atoms with E-state index in [0.717, 1.165) is 4.90 Å². The Labute approximate surface area is 116 Å². The number of imide groups is 1. The summed E-state index contributed by atoms with van der Waals surface area (Å²) in [6.45, 7) is 0. The third-order valence-electron chi connectivity index (χ3n) is 2.87. The summed E-state index contributed by atoms with van der Waals surface area (Å²) < 4.78 is 0.469. The average molecular weight is 328 g/mol. The molecule has 1 fully saturated rings. The van der Waals surface area contributed by atoms with Crippen LogP contribution in [-0.2, 0) is 9.59 Å². The van der Waals surface area contributed by atoms with E-state index < -0.39 is 11.0 Å². The van der Waals surface area contributed by atoms with Gasteiger partial charge in [-0.25, -0.2) is 0 Å². The number of benzene rings is 1. The molecule has 1 heterocycles. The number of rotatable bonds is 3. The van der Waals surface area contributed by atoms with E-state index in [1.807, 2.05) is 0 Å². The first-order valence-corrected chi connectivity index (χ1v) is 6.20. The summed E-state index contributed by atoms with van der Waals surface area (Å²) in [4.78, 5) is 34.3. The SMILES string of the molecule is CN1C(=O)CC(Nc2ccc([N+](=O)[O-])cc2Br)C1=O. The quantitative estimate of drug-likeness (QED) is 0.516. The lowest BCUT2D eigenvalue weighted by Gasteiger charge is -2.13. The largest absolute Gasteiger partial charge is 0.372 e. The molecular weight excluding hydrogens is 318 g/mol. The molecule has 1 aromatic rings. The smallest absolute Gasteiger partial charge is 0.270 e. The number of halogens is 1. The molecule has 0 radical (unpaired) electrons. The molecule has 1 unspecified atom stereocenters. The summed E-state index contributed by atoms with van der Waals surface area (Å²) in [5, 5.41) is 13.5. The Kier molecular flexibility index (Phi) is 3.52. The Morgan fingerprint density at radius 1 is 1.47 bits per heavy atom. The van der Waals surface area contributed by atoms with E-state index in [-0.39, 0.29) is 23.9 Å². The van der Waals surface area contributed by atoms with E-state index in [0.29, 0.717) is 10.2 Å². The Morgan fingerprint density at radius 2 is 2.16 bits per heavy atom. The fraction of sp³-hybridized carbons (Fsp3) is 0.273. The first-order chi connectivity index (χ1) is 8.90. The van der Waals surface area contributed by atoms with Crippen LogP contribution in [0.15, 0.2) is 22.7 Å². The van der Waals surface area contributed by atoms with E-state index in [1.165, 1.54) is 25.2 Å². The maximum atomic E-state index is 11.7. The molecule has 1 atom stereocenters. The highest BCUT2D eigenvalue weighted by Gasteiger charge is 2.36. The number of likely N-dealkylation sites (N-methyl/N-ethyl adjacent to an activating group) is 1. The van der Waals surface area contributed by atoms with Gasteiger partial charge in [0.25, 0.3) is 11.6 Å². The van der Waals surface area contributed by atoms with Crippen LogP contribution in [-0.4, -0.2) is 34.7 Å². The van der Waals surface area contributed by atoms with Crippen molar-refractivity contribution in [3.8, 4) is 0 Å². The van der Waals surface area contributed by atoms with Crippen LogP contribution in [0.3, 0.4) is 0 Å². The predicted octanol–water partition coefficient (Wildman–Crippen LogP) is 1.53. The van der Waals surface area contributed by atoms with Crippen molar-refractivity contribution in [1.82, 2.24) is 4.90 Å². The summed E-state index contributed by atoms with van der Waals surface area (Å²) >= 11 is 3.20. The van der Waals surface area contributed by atoms with Crippen LogP contribution >= 0.6 is 15.9 Å². The number of amides is 2. The van der Waals surface area contributed by atoms with Crippen molar-refractivity contribution < 1.29 is 14.5 Å². The van der Waals surface area contributed by atoms with Crippen LogP contribution in [0.25, 0.3) is 0 Å². The maximum absolute atomic E-state index is 11.7. The molecule has 2 amide bonds. The first kappa shape index (κ1) is 13.5. The molecule has 0 bridgehead atoms. The molecule has 0 aliphatic carbocycles. The van der Waals surface area contributed by atoms with Gasteiger partial charge in [-0.05, 0) is 22.0 Å². The van der Waals surface area contributed by atoms with E-state index in [4.69, 9.17) is 0 Å². The topological polar surface area (TPSA) is 92.6 Å². The molecular formula is C11H10BrN3O4. The third kappa shape index (κ3) is 2.58. The molecule has 1 saturated heterocycles. The van der Waals surface area contributed by atoms with Gasteiger partial charge in [0, 0.05) is 29.3 Å². The third-order valence-corrected chi connectivity index (χ3v) is 3.53. The van der Waals surface area contributed by atoms with Crippen molar-refractivity contribution in [2.45, 2.75) is 12.5 Å². The second-order valence-corrected chi connectivity index (χ2v) is 4.97. The highest BCUT2D eigenvalue weighted by Crippen LogP contribution is 2.29. The molecule has 2 rings (SSSR count). The molecule has 1 aliphatic rings. The second kappa shape index (κ2) is 4.96. The van der Waals surface area contributed by atoms with Crippen LogP contribution in [0.4, 0.5) is 11.4 Å². The van der Waals surface area contributed by atoms with Crippen LogP contribution in [0.1, 0.15) is 6.42 Å². The van der Waals surface area contributed by atoms with Gasteiger partial charge >= 0.3 is 0 Å². The minimum Gasteiger partial charge on any atom is -0.372 e. The first-order valence-electron chi connectivity index (χ1n) is 5.41. The van der Waals surface area contributed by atoms with Crippen molar-refractivity contribution >= 4 is 39.1 Å². The van der Waals surface area contributed by atoms with Crippen LogP contribution < -0.4 is 5.32 Å². The Morgan fingerprint density at radius 3 is 2.63 bits per heavy atom. The van der Waals surface area contributed by atoms with Gasteiger partial charge in [0.1, 0.15) is 6.04 Å². The number of nitrogens with one attached hydrogen (secondary N) is 1. The molecule has 1 aromatic carbocycles. The standard InChI is InChI=1S/C11H10BrN3O4/c1-14-10(16)5-9(11(14)17)13-8-3-2-6(15(18)19)4-7(8)12/h2-4,9,13H,5H2,1H3. The number of hydrogen-bond acceptors (Lipinski definition) is 5. The van der Waals surface area contributed by atoms with Crippen LogP contribution in [0.2, 0.25) is 0 Å². The van der Waals surface area contributed by atoms with Gasteiger partial charge in [-0.3, -0.25) is 24.6 Å². The molecule has 19 heavy (non-hydrogen) atoms. The van der Waals surface area contributed by atoms with Crippen molar-refractivity contribution in [3.63, 3.8) is 0 Å². The zero-order valence-electron chi connectivity index (χ0n) is 9.92. The van der Waals surface area contributed by atoms with Crippen LogP contribution in [0.5, 0.6) is 0 Å². The monoisotopic (exact) mass is 327 g/mol. The minimum absolute atomic E-state index is 0.0524. The molecule has 8 heteroatoms. The lowest BCUT2D eigenvalue weighted by molar-refractivity contribution is -0.384. The number of nitro benzene ring substituents is 1. The zero-order valence-corrected chi connectivity index (χ0v) is 11.5. The van der Waals surface area contributed by atoms with Crippen molar-refractivity contribution in [3.05, 3.63) is 32.8 Å². The van der Waals surface area contributed by atoms with E-state index in [2.05, 4.69) is 21.2 Å². The number of hydrogen-bond donors (Lipinski definition) is 1. The minimum atomic E-state index is -0.629. The van der Waals surface area contributed by atoms with Gasteiger partial charge in [0.15, 0.2) is 0 Å². The average Bonchev–Trinajstić information content (AvgIpc) is 2.59. The Hall–Kier alpha value is -1.96. The van der Waals surface area contributed by atoms with Gasteiger partial charge in [-0.1, -0.05) is 0 Å². The van der Waals surface area contributed by atoms with Crippen molar-refractivity contribution in [1.29, 1.82) is 0 Å². The number of carbonyl (C=O) groups excluding carboxylic acids is 2. The summed E-state index contributed by atoms with van der Waals surface area (Å²) in [7, 11) is 1.43. The van der Waals surface area contributed by atoms with E-state index in [9.17, 15) is 19.7 Å². The van der Waals surface area contributed by atoms with E-state index in [1.54, 1.807) is 0 Å². The maximum Gasteiger partial charge on any atom is 0.270 e. The summed E-state index contributed by atoms with van der Waals surface area (Å²) in [5.41, 5.74) is 0.482. The number of carbonyl (C=O) groups is 2. The lowest BCUT2D eigenvalue weighted by Crippen LogP contribution is -2.31. The van der Waals surface area contributed by atoms with Crippen molar-refractivity contribution in [2.75, 3.05) is 12.4 Å². The molecule has 100 valence electrons. The highest BCUT2D eigenvalue weighted by atomic mass is 79.9. The fourth-order valence-electron chi connectivity index (χ4n) is 1.79. The number of nitrogens with zero attached hydrogens (tertiary/aromatic N) is 2. The summed E-state index contributed by atoms with van der Waals surface area (Å²) in [6, 6.07) is 3.54. The van der Waals surface area contributed by atoms with Gasteiger partial charge < -0.3 is 5.32 Å². The fourth-order valence-corrected chi connectivity index (χ4v) is 2.27. The Balaban J connectivity index is 2.19. The second-order valence-electron chi connectivity index (χ2n) is 4.11. The summed E-state index contributed by atoms with van der Waals surface area (Å²) in [5.74, 6) is -0.559. The molecule has 0 spiro atoms. The number of nitro groups is 1. The molecule has 7 nitrogen and oxygen atoms in total. The van der Waals surface area contributed by atoms with Gasteiger partial charge in [0.05, 0.1) is 11.3 Å². The van der Waals surface area contributed by atoms with Gasteiger partial charge in [-0.15, -0.1) is 0 Å². The molecule has 1 aliphatic heterocycles. The lowest BCUT2D eigenvalue weighted by atomic mass is 10.2. The number of likely N-dealkylation sites (tertiary alicyclic amines) is 1. The number of anilines is 1. The van der Waals surface area contributed by atoms with Crippen molar-refractivity contribution in [2.24, 2.45) is 0 Å². The number of non-ortho nitro benzene ring substituents is 1. The highest BCUT2D eigenvalue weighted by molar-refractivity contribution is 9.10. The normalized spacial score (nSPS) is 18.8.